The summed E-state index contributed by atoms with van der Waals surface area (Å²) in [6.45, 7) is 7.20. The molecule has 4 N–H and O–H groups in total. The fourth-order valence-corrected chi connectivity index (χ4v) is 1.89. The summed E-state index contributed by atoms with van der Waals surface area (Å²) < 4.78 is 0. The number of hydrogen-bond acceptors (Lipinski definition) is 3. The Hall–Kier alpha value is -1.10. The Morgan fingerprint density at radius 1 is 1.05 bits per heavy atom. The highest BCUT2D eigenvalue weighted by Crippen LogP contribution is 2.13. The molecule has 0 unspecified atom stereocenters. The van der Waals surface area contributed by atoms with Crippen LogP contribution < -0.4 is 16.4 Å². The summed E-state index contributed by atoms with van der Waals surface area (Å²) in [6.07, 6.45) is 3.93. The summed E-state index contributed by atoms with van der Waals surface area (Å²) in [7, 11) is 0. The van der Waals surface area contributed by atoms with Gasteiger partial charge in [0, 0.05) is 25.9 Å². The van der Waals surface area contributed by atoms with Gasteiger partial charge < -0.3 is 16.4 Å². The van der Waals surface area contributed by atoms with Gasteiger partial charge in [0.15, 0.2) is 0 Å². The maximum Gasteiger partial charge on any atom is 0.220 e. The summed E-state index contributed by atoms with van der Waals surface area (Å²) in [5.74, 6) is 0.00293. The average Bonchev–Trinajstić information content (AvgIpc) is 2.42. The molecular formula is C14H29N3O2. The molecule has 0 aliphatic carbocycles. The maximum atomic E-state index is 11.8. The summed E-state index contributed by atoms with van der Waals surface area (Å²) >= 11 is 0. The van der Waals surface area contributed by atoms with E-state index in [1.807, 2.05) is 20.8 Å². The molecule has 19 heavy (non-hydrogen) atoms. The van der Waals surface area contributed by atoms with Gasteiger partial charge in [0.2, 0.25) is 11.8 Å². The van der Waals surface area contributed by atoms with Crippen molar-refractivity contribution in [2.75, 3.05) is 13.1 Å². The number of hydrogen-bond donors (Lipinski definition) is 3. The van der Waals surface area contributed by atoms with E-state index in [9.17, 15) is 9.59 Å². The summed E-state index contributed by atoms with van der Waals surface area (Å²) in [5.41, 5.74) is 5.44. The van der Waals surface area contributed by atoms with E-state index in [0.717, 1.165) is 19.3 Å². The quantitative estimate of drug-likeness (QED) is 0.560. The molecule has 0 aromatic heterocycles. The number of nitrogens with one attached hydrogen (secondary N) is 2. The topological polar surface area (TPSA) is 84.2 Å². The third kappa shape index (κ3) is 7.15. The standard InChI is InChI=1S/C14H29N3O2/c1-4-10-16-12(18)8-7-9-13(19)17-14(5-2,6-3)11-15/h4-11,15H2,1-3H3,(H,16,18)(H,17,19). The van der Waals surface area contributed by atoms with E-state index < -0.39 is 0 Å². The minimum Gasteiger partial charge on any atom is -0.356 e. The normalized spacial score (nSPS) is 11.2. The second kappa shape index (κ2) is 9.78. The molecule has 5 nitrogen and oxygen atoms in total. The number of carbonyl (C=O) groups excluding carboxylic acids is 2. The highest BCUT2D eigenvalue weighted by molar-refractivity contribution is 5.79. The van der Waals surface area contributed by atoms with Crippen LogP contribution >= 0.6 is 0 Å². The van der Waals surface area contributed by atoms with Crippen LogP contribution in [-0.4, -0.2) is 30.4 Å². The van der Waals surface area contributed by atoms with Gasteiger partial charge in [-0.15, -0.1) is 0 Å². The van der Waals surface area contributed by atoms with Gasteiger partial charge in [-0.3, -0.25) is 9.59 Å². The minimum absolute atomic E-state index is 0.0163. The Morgan fingerprint density at radius 2 is 1.63 bits per heavy atom. The zero-order valence-corrected chi connectivity index (χ0v) is 12.6. The Morgan fingerprint density at radius 3 is 2.11 bits per heavy atom. The molecule has 0 aromatic rings. The van der Waals surface area contributed by atoms with E-state index in [1.165, 1.54) is 0 Å². The molecule has 0 aliphatic heterocycles. The van der Waals surface area contributed by atoms with E-state index in [1.54, 1.807) is 0 Å². The van der Waals surface area contributed by atoms with Gasteiger partial charge in [-0.1, -0.05) is 20.8 Å². The molecule has 0 saturated heterocycles. The minimum atomic E-state index is -0.290. The molecule has 2 amide bonds. The predicted molar refractivity (Wildman–Crippen MR) is 77.7 cm³/mol. The number of rotatable bonds is 10. The molecule has 0 saturated carbocycles. The smallest absolute Gasteiger partial charge is 0.220 e. The van der Waals surface area contributed by atoms with Crippen molar-refractivity contribution in [3.8, 4) is 0 Å². The Bertz CT molecular complexity index is 268. The maximum absolute atomic E-state index is 11.8. The zero-order chi connectivity index (χ0) is 14.7. The SMILES string of the molecule is CCCNC(=O)CCCC(=O)NC(CC)(CC)CN. The van der Waals surface area contributed by atoms with Crippen LogP contribution in [0.3, 0.4) is 0 Å². The molecule has 0 aliphatic rings. The Balaban J connectivity index is 3.95. The van der Waals surface area contributed by atoms with Crippen molar-refractivity contribution in [3.05, 3.63) is 0 Å². The van der Waals surface area contributed by atoms with Crippen LogP contribution in [0.5, 0.6) is 0 Å². The molecule has 0 atom stereocenters. The van der Waals surface area contributed by atoms with Gasteiger partial charge in [0.25, 0.3) is 0 Å². The lowest BCUT2D eigenvalue weighted by Crippen LogP contribution is -2.52. The molecule has 0 aromatic carbocycles. The van der Waals surface area contributed by atoms with Crippen molar-refractivity contribution in [2.24, 2.45) is 5.73 Å². The van der Waals surface area contributed by atoms with E-state index in [0.29, 0.717) is 32.4 Å². The lowest BCUT2D eigenvalue weighted by molar-refractivity contribution is -0.123. The van der Waals surface area contributed by atoms with Crippen molar-refractivity contribution in [2.45, 2.75) is 64.8 Å². The number of amides is 2. The molecule has 5 heteroatoms. The fraction of sp³-hybridized carbons (Fsp3) is 0.857. The van der Waals surface area contributed by atoms with Gasteiger partial charge in [-0.05, 0) is 25.7 Å². The molecule has 0 radical (unpaired) electrons. The second-order valence-electron chi connectivity index (χ2n) is 4.94. The van der Waals surface area contributed by atoms with Crippen LogP contribution in [0.25, 0.3) is 0 Å². The summed E-state index contributed by atoms with van der Waals surface area (Å²) in [4.78, 5) is 23.2. The van der Waals surface area contributed by atoms with E-state index >= 15 is 0 Å². The average molecular weight is 271 g/mol. The number of nitrogens with two attached hydrogens (primary N) is 1. The molecular weight excluding hydrogens is 242 g/mol. The predicted octanol–water partition coefficient (Wildman–Crippen LogP) is 1.32. The first-order valence-corrected chi connectivity index (χ1v) is 7.31. The highest BCUT2D eigenvalue weighted by atomic mass is 16.2. The number of carbonyl (C=O) groups is 2. The van der Waals surface area contributed by atoms with Gasteiger partial charge in [-0.2, -0.15) is 0 Å². The molecule has 0 rings (SSSR count). The van der Waals surface area contributed by atoms with E-state index in [-0.39, 0.29) is 17.4 Å². The Labute approximate surface area is 116 Å². The van der Waals surface area contributed by atoms with Crippen molar-refractivity contribution < 1.29 is 9.59 Å². The van der Waals surface area contributed by atoms with Gasteiger partial charge in [-0.25, -0.2) is 0 Å². The zero-order valence-electron chi connectivity index (χ0n) is 12.6. The van der Waals surface area contributed by atoms with Crippen LogP contribution in [0.2, 0.25) is 0 Å². The molecule has 0 spiro atoms. The van der Waals surface area contributed by atoms with Crippen LogP contribution in [0.4, 0.5) is 0 Å². The first-order valence-electron chi connectivity index (χ1n) is 7.31. The van der Waals surface area contributed by atoms with Crippen LogP contribution in [-0.2, 0) is 9.59 Å². The van der Waals surface area contributed by atoms with E-state index in [2.05, 4.69) is 10.6 Å². The van der Waals surface area contributed by atoms with E-state index in [4.69, 9.17) is 5.73 Å². The van der Waals surface area contributed by atoms with Crippen LogP contribution in [0.15, 0.2) is 0 Å². The fourth-order valence-electron chi connectivity index (χ4n) is 1.89. The third-order valence-electron chi connectivity index (χ3n) is 3.53. The first kappa shape index (κ1) is 17.9. The van der Waals surface area contributed by atoms with Gasteiger partial charge in [0.05, 0.1) is 5.54 Å². The summed E-state index contributed by atoms with van der Waals surface area (Å²) in [5, 5.41) is 5.80. The molecule has 0 fully saturated rings. The highest BCUT2D eigenvalue weighted by Gasteiger charge is 2.25. The Kier molecular flexibility index (Phi) is 9.21. The third-order valence-corrected chi connectivity index (χ3v) is 3.53. The second-order valence-corrected chi connectivity index (χ2v) is 4.94. The van der Waals surface area contributed by atoms with Crippen molar-refractivity contribution in [3.63, 3.8) is 0 Å². The van der Waals surface area contributed by atoms with Crippen molar-refractivity contribution in [1.82, 2.24) is 10.6 Å². The molecule has 0 heterocycles. The van der Waals surface area contributed by atoms with Crippen LogP contribution in [0.1, 0.15) is 59.3 Å². The van der Waals surface area contributed by atoms with Crippen molar-refractivity contribution >= 4 is 11.8 Å². The first-order chi connectivity index (χ1) is 9.03. The lowest BCUT2D eigenvalue weighted by Gasteiger charge is -2.31. The molecule has 112 valence electrons. The van der Waals surface area contributed by atoms with Crippen molar-refractivity contribution in [1.29, 1.82) is 0 Å². The largest absolute Gasteiger partial charge is 0.356 e. The van der Waals surface area contributed by atoms with Gasteiger partial charge in [0.1, 0.15) is 0 Å². The van der Waals surface area contributed by atoms with Gasteiger partial charge >= 0.3 is 0 Å². The monoisotopic (exact) mass is 271 g/mol. The lowest BCUT2D eigenvalue weighted by atomic mass is 9.92. The van der Waals surface area contributed by atoms with Crippen LogP contribution in [0, 0.1) is 0 Å². The molecule has 0 bridgehead atoms. The summed E-state index contributed by atoms with van der Waals surface area (Å²) in [6, 6.07) is 0.